The molecule has 0 atom stereocenters. The number of nitrogen functional groups attached to an aromatic ring is 1. The molecule has 0 saturated heterocycles. The number of aryl methyl sites for hydroxylation is 1. The van der Waals surface area contributed by atoms with Crippen molar-refractivity contribution < 1.29 is 0 Å². The topological polar surface area (TPSA) is 51.8 Å². The highest BCUT2D eigenvalue weighted by Crippen LogP contribution is 2.39. The molecule has 16 heavy (non-hydrogen) atoms. The van der Waals surface area contributed by atoms with Crippen LogP contribution in [0.4, 0.5) is 5.82 Å². The standard InChI is InChI=1S/C12H12BrN3/c1-6-4-8-10(9(13)5-6)15-12(7-2-3-7)16-11(8)14/h4-5,7H,2-3H2,1H3,(H2,14,15,16). The summed E-state index contributed by atoms with van der Waals surface area (Å²) in [5.41, 5.74) is 8.08. The van der Waals surface area contributed by atoms with Crippen LogP contribution in [-0.4, -0.2) is 9.97 Å². The van der Waals surface area contributed by atoms with E-state index < -0.39 is 0 Å². The lowest BCUT2D eigenvalue weighted by molar-refractivity contribution is 0.951. The van der Waals surface area contributed by atoms with E-state index in [9.17, 15) is 0 Å². The molecule has 1 aromatic carbocycles. The molecule has 2 aromatic rings. The van der Waals surface area contributed by atoms with Crippen LogP contribution < -0.4 is 5.73 Å². The maximum absolute atomic E-state index is 5.99. The number of rotatable bonds is 1. The lowest BCUT2D eigenvalue weighted by atomic mass is 10.1. The Labute approximate surface area is 102 Å². The Morgan fingerprint density at radius 3 is 2.75 bits per heavy atom. The Hall–Kier alpha value is -1.16. The van der Waals surface area contributed by atoms with Crippen LogP contribution in [0.5, 0.6) is 0 Å². The first-order valence-corrected chi connectivity index (χ1v) is 6.17. The summed E-state index contributed by atoms with van der Waals surface area (Å²) in [5, 5.41) is 0.941. The molecule has 1 aliphatic rings. The lowest BCUT2D eigenvalue weighted by Gasteiger charge is -2.07. The maximum Gasteiger partial charge on any atom is 0.135 e. The number of halogens is 1. The minimum absolute atomic E-state index is 0.528. The molecule has 82 valence electrons. The van der Waals surface area contributed by atoms with Crippen molar-refractivity contribution in [1.29, 1.82) is 0 Å². The average molecular weight is 278 g/mol. The zero-order valence-electron chi connectivity index (χ0n) is 9.00. The fraction of sp³-hybridized carbons (Fsp3) is 0.333. The average Bonchev–Trinajstić information content (AvgIpc) is 3.02. The largest absolute Gasteiger partial charge is 0.383 e. The summed E-state index contributed by atoms with van der Waals surface area (Å²) in [6.07, 6.45) is 2.38. The molecule has 0 amide bonds. The Kier molecular flexibility index (Phi) is 2.14. The first-order chi connectivity index (χ1) is 7.65. The molecule has 3 rings (SSSR count). The van der Waals surface area contributed by atoms with Crippen LogP contribution >= 0.6 is 15.9 Å². The fourth-order valence-electron chi connectivity index (χ4n) is 1.89. The third-order valence-corrected chi connectivity index (χ3v) is 3.49. The normalized spacial score (nSPS) is 15.6. The van der Waals surface area contributed by atoms with E-state index in [1.54, 1.807) is 0 Å². The highest BCUT2D eigenvalue weighted by Gasteiger charge is 2.27. The second kappa shape index (κ2) is 3.42. The highest BCUT2D eigenvalue weighted by molar-refractivity contribution is 9.10. The van der Waals surface area contributed by atoms with Gasteiger partial charge in [0.2, 0.25) is 0 Å². The molecule has 4 heteroatoms. The van der Waals surface area contributed by atoms with Crippen LogP contribution in [0.15, 0.2) is 16.6 Å². The van der Waals surface area contributed by atoms with Crippen LogP contribution in [0, 0.1) is 6.92 Å². The molecule has 1 fully saturated rings. The van der Waals surface area contributed by atoms with Gasteiger partial charge in [-0.1, -0.05) is 0 Å². The maximum atomic E-state index is 5.99. The molecule has 3 nitrogen and oxygen atoms in total. The van der Waals surface area contributed by atoms with Crippen molar-refractivity contribution in [1.82, 2.24) is 9.97 Å². The zero-order chi connectivity index (χ0) is 11.3. The molecule has 0 aliphatic heterocycles. The van der Waals surface area contributed by atoms with Crippen molar-refractivity contribution in [3.63, 3.8) is 0 Å². The van der Waals surface area contributed by atoms with Gasteiger partial charge in [0.05, 0.1) is 5.52 Å². The first-order valence-electron chi connectivity index (χ1n) is 5.38. The molecule has 0 radical (unpaired) electrons. The van der Waals surface area contributed by atoms with Gasteiger partial charge in [0.1, 0.15) is 11.6 Å². The monoisotopic (exact) mass is 277 g/mol. The SMILES string of the molecule is Cc1cc(Br)c2nc(C3CC3)nc(N)c2c1. The van der Waals surface area contributed by atoms with Gasteiger partial charge in [-0.05, 0) is 53.4 Å². The molecule has 1 saturated carbocycles. The minimum Gasteiger partial charge on any atom is -0.383 e. The Bertz CT molecular complexity index is 576. The molecule has 0 bridgehead atoms. The van der Waals surface area contributed by atoms with E-state index in [0.717, 1.165) is 26.8 Å². The first kappa shape index (κ1) is 10.0. The van der Waals surface area contributed by atoms with Gasteiger partial charge in [-0.25, -0.2) is 9.97 Å². The van der Waals surface area contributed by atoms with Gasteiger partial charge in [-0.2, -0.15) is 0 Å². The molecular formula is C12H12BrN3. The van der Waals surface area contributed by atoms with Crippen molar-refractivity contribution in [3.8, 4) is 0 Å². The van der Waals surface area contributed by atoms with Gasteiger partial charge < -0.3 is 5.73 Å². The van der Waals surface area contributed by atoms with E-state index in [2.05, 4.69) is 32.0 Å². The van der Waals surface area contributed by atoms with Gasteiger partial charge in [0, 0.05) is 15.8 Å². The van der Waals surface area contributed by atoms with Gasteiger partial charge >= 0.3 is 0 Å². The molecule has 2 N–H and O–H groups in total. The fourth-order valence-corrected chi connectivity index (χ4v) is 2.55. The van der Waals surface area contributed by atoms with E-state index in [1.807, 2.05) is 13.0 Å². The molecular weight excluding hydrogens is 266 g/mol. The summed E-state index contributed by atoms with van der Waals surface area (Å²) in [4.78, 5) is 8.99. The van der Waals surface area contributed by atoms with Gasteiger partial charge in [0.15, 0.2) is 0 Å². The van der Waals surface area contributed by atoms with Gasteiger partial charge in [0.25, 0.3) is 0 Å². The third kappa shape index (κ3) is 1.57. The van der Waals surface area contributed by atoms with Crippen molar-refractivity contribution in [3.05, 3.63) is 28.0 Å². The number of aromatic nitrogens is 2. The predicted molar refractivity (Wildman–Crippen MR) is 68.4 cm³/mol. The minimum atomic E-state index is 0.528. The van der Waals surface area contributed by atoms with E-state index in [0.29, 0.717) is 11.7 Å². The zero-order valence-corrected chi connectivity index (χ0v) is 10.6. The molecule has 0 unspecified atom stereocenters. The summed E-state index contributed by atoms with van der Waals surface area (Å²) in [5.74, 6) is 2.02. The number of fused-ring (bicyclic) bond motifs is 1. The molecule has 0 spiro atoms. The van der Waals surface area contributed by atoms with E-state index in [4.69, 9.17) is 5.73 Å². The smallest absolute Gasteiger partial charge is 0.135 e. The van der Waals surface area contributed by atoms with Crippen LogP contribution in [0.3, 0.4) is 0 Å². The second-order valence-electron chi connectivity index (χ2n) is 4.38. The van der Waals surface area contributed by atoms with Crippen molar-refractivity contribution >= 4 is 32.7 Å². The summed E-state index contributed by atoms with van der Waals surface area (Å²) in [7, 11) is 0. The lowest BCUT2D eigenvalue weighted by Crippen LogP contribution is -2.00. The summed E-state index contributed by atoms with van der Waals surface area (Å²) in [6, 6.07) is 4.09. The van der Waals surface area contributed by atoms with Gasteiger partial charge in [-0.3, -0.25) is 0 Å². The van der Waals surface area contributed by atoms with Crippen LogP contribution in [0.25, 0.3) is 10.9 Å². The Balaban J connectivity index is 2.32. The Morgan fingerprint density at radius 2 is 2.06 bits per heavy atom. The summed E-state index contributed by atoms with van der Waals surface area (Å²) in [6.45, 7) is 2.04. The van der Waals surface area contributed by atoms with Gasteiger partial charge in [-0.15, -0.1) is 0 Å². The Morgan fingerprint density at radius 1 is 1.31 bits per heavy atom. The quantitative estimate of drug-likeness (QED) is 0.871. The number of nitrogens with zero attached hydrogens (tertiary/aromatic N) is 2. The van der Waals surface area contributed by atoms with E-state index >= 15 is 0 Å². The number of nitrogens with two attached hydrogens (primary N) is 1. The van der Waals surface area contributed by atoms with E-state index in [1.165, 1.54) is 12.8 Å². The summed E-state index contributed by atoms with van der Waals surface area (Å²) < 4.78 is 0.999. The molecule has 1 aromatic heterocycles. The second-order valence-corrected chi connectivity index (χ2v) is 5.24. The number of hydrogen-bond acceptors (Lipinski definition) is 3. The number of hydrogen-bond donors (Lipinski definition) is 1. The number of anilines is 1. The third-order valence-electron chi connectivity index (χ3n) is 2.89. The molecule has 1 heterocycles. The summed E-state index contributed by atoms with van der Waals surface area (Å²) >= 11 is 3.54. The van der Waals surface area contributed by atoms with Crippen LogP contribution in [-0.2, 0) is 0 Å². The van der Waals surface area contributed by atoms with E-state index in [-0.39, 0.29) is 0 Å². The number of benzene rings is 1. The highest BCUT2D eigenvalue weighted by atomic mass is 79.9. The molecule has 1 aliphatic carbocycles. The van der Waals surface area contributed by atoms with Crippen molar-refractivity contribution in [2.24, 2.45) is 0 Å². The van der Waals surface area contributed by atoms with Crippen LogP contribution in [0.1, 0.15) is 30.1 Å². The van der Waals surface area contributed by atoms with Crippen molar-refractivity contribution in [2.75, 3.05) is 5.73 Å². The van der Waals surface area contributed by atoms with Crippen LogP contribution in [0.2, 0.25) is 0 Å². The van der Waals surface area contributed by atoms with Crippen molar-refractivity contribution in [2.45, 2.75) is 25.7 Å². The predicted octanol–water partition coefficient (Wildman–Crippen LogP) is 3.16.